The summed E-state index contributed by atoms with van der Waals surface area (Å²) < 4.78 is 1.89. The number of aromatic carboxylic acids is 1. The molecule has 0 saturated heterocycles. The number of thioether (sulfide) groups is 1. The van der Waals surface area contributed by atoms with Crippen LogP contribution in [0.3, 0.4) is 0 Å². The molecule has 0 unspecified atom stereocenters. The number of imidazole rings is 1. The fraction of sp³-hybridized carbons (Fsp3) is 0.167. The Labute approximate surface area is 109 Å². The summed E-state index contributed by atoms with van der Waals surface area (Å²) in [5, 5.41) is 9.99. The van der Waals surface area contributed by atoms with Crippen LogP contribution in [-0.4, -0.2) is 20.6 Å². The summed E-state index contributed by atoms with van der Waals surface area (Å²) in [7, 11) is 1.90. The highest BCUT2D eigenvalue weighted by Gasteiger charge is 2.14. The average Bonchev–Trinajstić information content (AvgIpc) is 2.71. The van der Waals surface area contributed by atoms with Gasteiger partial charge in [0.25, 0.3) is 0 Å². The van der Waals surface area contributed by atoms with Gasteiger partial charge in [-0.3, -0.25) is 0 Å². The largest absolute Gasteiger partial charge is 0.478 e. The van der Waals surface area contributed by atoms with Crippen LogP contribution in [0.1, 0.15) is 15.9 Å². The lowest BCUT2D eigenvalue weighted by Crippen LogP contribution is -2.06. The number of rotatable bonds is 4. The number of carboxylic acids is 1. The third-order valence-corrected chi connectivity index (χ3v) is 3.64. The van der Waals surface area contributed by atoms with Gasteiger partial charge < -0.3 is 15.4 Å². The first-order chi connectivity index (χ1) is 8.59. The number of carbonyl (C=O) groups is 1. The van der Waals surface area contributed by atoms with E-state index in [0.29, 0.717) is 17.0 Å². The number of nitrogens with zero attached hydrogens (tertiary/aromatic N) is 2. The lowest BCUT2D eigenvalue weighted by Gasteiger charge is -2.08. The maximum Gasteiger partial charge on any atom is 0.338 e. The third kappa shape index (κ3) is 2.48. The van der Waals surface area contributed by atoms with Crippen molar-refractivity contribution in [3.63, 3.8) is 0 Å². The van der Waals surface area contributed by atoms with Gasteiger partial charge in [-0.1, -0.05) is 23.9 Å². The van der Waals surface area contributed by atoms with E-state index in [4.69, 9.17) is 10.8 Å². The Balaban J connectivity index is 2.22. The molecule has 0 radical (unpaired) electrons. The minimum atomic E-state index is -0.997. The molecule has 0 fully saturated rings. The van der Waals surface area contributed by atoms with Crippen molar-refractivity contribution < 1.29 is 9.90 Å². The monoisotopic (exact) mass is 263 g/mol. The SMILES string of the molecule is Cn1ccnc1SCc1cccc(N)c1C(=O)O. The topological polar surface area (TPSA) is 81.1 Å². The van der Waals surface area contributed by atoms with E-state index in [1.807, 2.05) is 17.8 Å². The van der Waals surface area contributed by atoms with E-state index in [-0.39, 0.29) is 5.56 Å². The quantitative estimate of drug-likeness (QED) is 0.651. The van der Waals surface area contributed by atoms with E-state index < -0.39 is 5.97 Å². The number of aryl methyl sites for hydroxylation is 1. The number of hydrogen-bond donors (Lipinski definition) is 2. The van der Waals surface area contributed by atoms with E-state index in [9.17, 15) is 4.79 Å². The number of hydrogen-bond acceptors (Lipinski definition) is 4. The highest BCUT2D eigenvalue weighted by Crippen LogP contribution is 2.25. The lowest BCUT2D eigenvalue weighted by molar-refractivity contribution is 0.0697. The van der Waals surface area contributed by atoms with Gasteiger partial charge in [0, 0.05) is 30.9 Å². The van der Waals surface area contributed by atoms with Gasteiger partial charge in [0.15, 0.2) is 5.16 Å². The summed E-state index contributed by atoms with van der Waals surface area (Å²) in [5.74, 6) is -0.471. The molecule has 0 aliphatic heterocycles. The number of nitrogen functional groups attached to an aromatic ring is 1. The van der Waals surface area contributed by atoms with E-state index in [1.165, 1.54) is 11.8 Å². The average molecular weight is 263 g/mol. The second kappa shape index (κ2) is 5.14. The van der Waals surface area contributed by atoms with Crippen LogP contribution in [-0.2, 0) is 12.8 Å². The van der Waals surface area contributed by atoms with Gasteiger partial charge in [0.1, 0.15) is 0 Å². The fourth-order valence-corrected chi connectivity index (χ4v) is 2.56. The molecule has 0 aliphatic rings. The van der Waals surface area contributed by atoms with Crippen LogP contribution in [0.4, 0.5) is 5.69 Å². The van der Waals surface area contributed by atoms with Crippen molar-refractivity contribution in [2.24, 2.45) is 7.05 Å². The zero-order valence-electron chi connectivity index (χ0n) is 9.83. The molecule has 0 aliphatic carbocycles. The predicted octanol–water partition coefficient (Wildman–Crippen LogP) is 1.99. The molecule has 2 aromatic rings. The molecule has 94 valence electrons. The van der Waals surface area contributed by atoms with Crippen molar-refractivity contribution >= 4 is 23.4 Å². The molecule has 1 aromatic carbocycles. The molecule has 1 aromatic heterocycles. The maximum atomic E-state index is 11.2. The first-order valence-electron chi connectivity index (χ1n) is 5.30. The Morgan fingerprint density at radius 2 is 2.33 bits per heavy atom. The van der Waals surface area contributed by atoms with Crippen LogP contribution in [0.25, 0.3) is 0 Å². The Bertz CT molecular complexity index is 580. The van der Waals surface area contributed by atoms with Crippen molar-refractivity contribution in [3.8, 4) is 0 Å². The first kappa shape index (κ1) is 12.5. The zero-order chi connectivity index (χ0) is 13.1. The van der Waals surface area contributed by atoms with Gasteiger partial charge in [-0.15, -0.1) is 0 Å². The van der Waals surface area contributed by atoms with Gasteiger partial charge in [0.05, 0.1) is 5.56 Å². The molecule has 2 rings (SSSR count). The van der Waals surface area contributed by atoms with Gasteiger partial charge in [-0.25, -0.2) is 9.78 Å². The number of benzene rings is 1. The van der Waals surface area contributed by atoms with E-state index >= 15 is 0 Å². The highest BCUT2D eigenvalue weighted by molar-refractivity contribution is 7.98. The van der Waals surface area contributed by atoms with Crippen molar-refractivity contribution in [1.82, 2.24) is 9.55 Å². The van der Waals surface area contributed by atoms with Crippen molar-refractivity contribution in [3.05, 3.63) is 41.7 Å². The second-order valence-corrected chi connectivity index (χ2v) is 4.74. The smallest absolute Gasteiger partial charge is 0.338 e. The summed E-state index contributed by atoms with van der Waals surface area (Å²) in [4.78, 5) is 15.3. The Kier molecular flexibility index (Phi) is 3.57. The first-order valence-corrected chi connectivity index (χ1v) is 6.29. The van der Waals surface area contributed by atoms with Crippen LogP contribution < -0.4 is 5.73 Å². The molecule has 5 nitrogen and oxygen atoms in total. The van der Waals surface area contributed by atoms with Crippen LogP contribution in [0.15, 0.2) is 35.7 Å². The predicted molar refractivity (Wildman–Crippen MR) is 70.6 cm³/mol. The third-order valence-electron chi connectivity index (χ3n) is 2.53. The number of carboxylic acid groups (broad SMARTS) is 1. The molecule has 0 amide bonds. The minimum Gasteiger partial charge on any atom is -0.478 e. The van der Waals surface area contributed by atoms with Crippen molar-refractivity contribution in [2.45, 2.75) is 10.9 Å². The Morgan fingerprint density at radius 3 is 2.94 bits per heavy atom. The summed E-state index contributed by atoms with van der Waals surface area (Å²) in [6.45, 7) is 0. The van der Waals surface area contributed by atoms with Crippen molar-refractivity contribution in [2.75, 3.05) is 5.73 Å². The van der Waals surface area contributed by atoms with E-state index in [0.717, 1.165) is 5.16 Å². The summed E-state index contributed by atoms with van der Waals surface area (Å²) in [5.41, 5.74) is 6.87. The fourth-order valence-electron chi connectivity index (χ4n) is 1.63. The molecule has 3 N–H and O–H groups in total. The Hall–Kier alpha value is -1.95. The highest BCUT2D eigenvalue weighted by atomic mass is 32.2. The molecule has 18 heavy (non-hydrogen) atoms. The molecular formula is C12H13N3O2S. The van der Waals surface area contributed by atoms with Gasteiger partial charge in [-0.2, -0.15) is 0 Å². The van der Waals surface area contributed by atoms with Gasteiger partial charge in [-0.05, 0) is 11.6 Å². The lowest BCUT2D eigenvalue weighted by atomic mass is 10.1. The number of aromatic nitrogens is 2. The van der Waals surface area contributed by atoms with E-state index in [2.05, 4.69) is 4.98 Å². The van der Waals surface area contributed by atoms with Crippen LogP contribution in [0, 0.1) is 0 Å². The normalized spacial score (nSPS) is 10.5. The Morgan fingerprint density at radius 1 is 1.56 bits per heavy atom. The van der Waals surface area contributed by atoms with Crippen LogP contribution in [0.2, 0.25) is 0 Å². The number of anilines is 1. The van der Waals surface area contributed by atoms with Crippen LogP contribution in [0.5, 0.6) is 0 Å². The number of nitrogens with two attached hydrogens (primary N) is 1. The second-order valence-electron chi connectivity index (χ2n) is 3.80. The minimum absolute atomic E-state index is 0.180. The van der Waals surface area contributed by atoms with Crippen molar-refractivity contribution in [1.29, 1.82) is 0 Å². The standard InChI is InChI=1S/C12H13N3O2S/c1-15-6-5-14-12(15)18-7-8-3-2-4-9(13)10(8)11(16)17/h2-6H,7,13H2,1H3,(H,16,17). The molecule has 1 heterocycles. The molecular weight excluding hydrogens is 250 g/mol. The zero-order valence-corrected chi connectivity index (χ0v) is 10.6. The molecule has 0 saturated carbocycles. The molecule has 0 spiro atoms. The molecule has 6 heteroatoms. The summed E-state index contributed by atoms with van der Waals surface area (Å²) >= 11 is 1.48. The summed E-state index contributed by atoms with van der Waals surface area (Å²) in [6.07, 6.45) is 3.56. The molecule has 0 bridgehead atoms. The summed E-state index contributed by atoms with van der Waals surface area (Å²) in [6, 6.07) is 5.13. The van der Waals surface area contributed by atoms with Gasteiger partial charge in [0.2, 0.25) is 0 Å². The van der Waals surface area contributed by atoms with Gasteiger partial charge >= 0.3 is 5.97 Å². The maximum absolute atomic E-state index is 11.2. The van der Waals surface area contributed by atoms with E-state index in [1.54, 1.807) is 24.4 Å². The van der Waals surface area contributed by atoms with Crippen LogP contribution >= 0.6 is 11.8 Å². The molecule has 0 atom stereocenters.